The lowest BCUT2D eigenvalue weighted by atomic mass is 10.7. The molecule has 0 heterocycles. The second-order valence-electron chi connectivity index (χ2n) is 0.893. The second-order valence-corrected chi connectivity index (χ2v) is 0.893. The Morgan fingerprint density at radius 2 is 2.57 bits per heavy atom. The molecule has 0 saturated carbocycles. The summed E-state index contributed by atoms with van der Waals surface area (Å²) < 4.78 is 0. The van der Waals surface area contributed by atoms with Crippen molar-refractivity contribution < 1.29 is 10.0 Å². The molecule has 0 unspecified atom stereocenters. The normalized spacial score (nSPS) is 9.29. The fourth-order valence-electron chi connectivity index (χ4n) is 0.104. The lowest BCUT2D eigenvalue weighted by Gasteiger charge is -1.81. The predicted octanol–water partition coefficient (Wildman–Crippen LogP) is -0.583. The van der Waals surface area contributed by atoms with E-state index in [0.717, 1.165) is 0 Å². The van der Waals surface area contributed by atoms with Gasteiger partial charge in [0.05, 0.1) is 0 Å². The van der Waals surface area contributed by atoms with Gasteiger partial charge in [-0.3, -0.25) is 4.79 Å². The van der Waals surface area contributed by atoms with Gasteiger partial charge in [-0.15, -0.1) is 0 Å². The molecule has 0 aliphatic carbocycles. The largest absolute Gasteiger partial charge is 0.409 e. The van der Waals surface area contributed by atoms with E-state index in [2.05, 4.69) is 5.16 Å². The molecule has 7 heavy (non-hydrogen) atoms. The summed E-state index contributed by atoms with van der Waals surface area (Å²) in [4.78, 5) is 9.86. The van der Waals surface area contributed by atoms with Crippen molar-refractivity contribution in [3.05, 3.63) is 0 Å². The molecule has 0 aliphatic rings. The summed E-state index contributed by atoms with van der Waals surface area (Å²) in [5, 5.41) is 12.0. The average Bonchev–Trinajstić information content (AvgIpc) is 1.61. The first kappa shape index (κ1) is 5.94. The minimum atomic E-state index is -0.308. The van der Waals surface area contributed by atoms with E-state index < -0.39 is 0 Å². The third-order valence-electron chi connectivity index (χ3n) is 0.282. The molecule has 39 valence electrons. The fraction of sp³-hybridized carbons (Fsp3) is 0.333. The van der Waals surface area contributed by atoms with Crippen molar-refractivity contribution in [2.24, 2.45) is 5.16 Å². The fourth-order valence-corrected chi connectivity index (χ4v) is 0.104. The summed E-state index contributed by atoms with van der Waals surface area (Å²) in [6.45, 7) is 1.29. The highest BCUT2D eigenvalue weighted by atomic mass is 16.4. The van der Waals surface area contributed by atoms with Gasteiger partial charge in [-0.2, -0.15) is 0 Å². The molecule has 0 fully saturated rings. The molecule has 0 rings (SSSR count). The molecule has 0 atom stereocenters. The Morgan fingerprint density at radius 3 is 2.71 bits per heavy atom. The summed E-state index contributed by atoms with van der Waals surface area (Å²) in [6, 6.07) is 0. The van der Waals surface area contributed by atoms with Crippen molar-refractivity contribution in [1.82, 2.24) is 5.32 Å². The molecule has 0 spiro atoms. The van der Waals surface area contributed by atoms with E-state index in [9.17, 15) is 4.79 Å². The van der Waals surface area contributed by atoms with Crippen LogP contribution in [0.4, 0.5) is 0 Å². The zero-order chi connectivity index (χ0) is 5.70. The molecule has 0 saturated heterocycles. The van der Waals surface area contributed by atoms with Gasteiger partial charge >= 0.3 is 0 Å². The number of rotatable bonds is 1. The molecule has 1 amide bonds. The number of carbonyl (C=O) groups excluding carboxylic acids is 1. The van der Waals surface area contributed by atoms with Crippen LogP contribution in [-0.4, -0.2) is 17.5 Å². The molecule has 2 N–H and O–H groups in total. The third kappa shape index (κ3) is 4.94. The zero-order valence-corrected chi connectivity index (χ0v) is 3.80. The van der Waals surface area contributed by atoms with E-state index in [1.54, 1.807) is 0 Å². The van der Waals surface area contributed by atoms with Gasteiger partial charge in [0.25, 0.3) is 0 Å². The highest BCUT2D eigenvalue weighted by Gasteiger charge is 1.80. The van der Waals surface area contributed by atoms with Gasteiger partial charge in [0, 0.05) is 6.92 Å². The molecular formula is C3H5N2O2. The molecule has 0 bridgehead atoms. The first-order chi connectivity index (χ1) is 3.27. The van der Waals surface area contributed by atoms with Crippen LogP contribution in [0.3, 0.4) is 0 Å². The standard InChI is InChI=1S/C3H5N2O2/c1-3(6)4-2-5-7/h7H,1H3,(H,4,5,6). The highest BCUT2D eigenvalue weighted by molar-refractivity contribution is 5.85. The lowest BCUT2D eigenvalue weighted by molar-refractivity contribution is -0.117. The minimum Gasteiger partial charge on any atom is -0.409 e. The molecule has 0 aromatic heterocycles. The van der Waals surface area contributed by atoms with Crippen molar-refractivity contribution >= 4 is 12.2 Å². The summed E-state index contributed by atoms with van der Waals surface area (Å²) in [5.41, 5.74) is 0. The maximum Gasteiger partial charge on any atom is 0.222 e. The maximum absolute atomic E-state index is 9.86. The Bertz CT molecular complexity index is 88.9. The second kappa shape index (κ2) is 3.14. The Morgan fingerprint density at radius 1 is 2.00 bits per heavy atom. The molecule has 4 nitrogen and oxygen atoms in total. The van der Waals surface area contributed by atoms with Crippen LogP contribution in [0, 0.1) is 0 Å². The lowest BCUT2D eigenvalue weighted by Crippen LogP contribution is -2.16. The van der Waals surface area contributed by atoms with Gasteiger partial charge in [-0.1, -0.05) is 5.16 Å². The van der Waals surface area contributed by atoms with Gasteiger partial charge in [-0.05, 0) is 0 Å². The van der Waals surface area contributed by atoms with E-state index >= 15 is 0 Å². The SMILES string of the molecule is CC(=O)N/[C]=N/O. The Labute approximate surface area is 40.8 Å². The predicted molar refractivity (Wildman–Crippen MR) is 23.0 cm³/mol. The van der Waals surface area contributed by atoms with E-state index in [1.807, 2.05) is 11.7 Å². The van der Waals surface area contributed by atoms with E-state index in [1.165, 1.54) is 6.92 Å². The summed E-state index contributed by atoms with van der Waals surface area (Å²) in [6.07, 6.45) is 1.83. The topological polar surface area (TPSA) is 61.7 Å². The van der Waals surface area contributed by atoms with Crippen LogP contribution >= 0.6 is 0 Å². The average molecular weight is 101 g/mol. The number of hydrogen-bond acceptors (Lipinski definition) is 3. The van der Waals surface area contributed by atoms with E-state index in [4.69, 9.17) is 5.21 Å². The monoisotopic (exact) mass is 101 g/mol. The van der Waals surface area contributed by atoms with Gasteiger partial charge in [-0.25, -0.2) is 0 Å². The summed E-state index contributed by atoms with van der Waals surface area (Å²) in [5.74, 6) is -0.308. The molecule has 0 aliphatic heterocycles. The molecule has 4 heteroatoms. The van der Waals surface area contributed by atoms with E-state index in [0.29, 0.717) is 0 Å². The number of amides is 1. The van der Waals surface area contributed by atoms with Crippen LogP contribution < -0.4 is 5.32 Å². The number of nitrogens with zero attached hydrogens (tertiary/aromatic N) is 1. The van der Waals surface area contributed by atoms with Crippen molar-refractivity contribution in [1.29, 1.82) is 0 Å². The van der Waals surface area contributed by atoms with E-state index in [-0.39, 0.29) is 5.91 Å². The molecule has 0 aromatic rings. The third-order valence-corrected chi connectivity index (χ3v) is 0.282. The molecule has 1 radical (unpaired) electrons. The summed E-state index contributed by atoms with van der Waals surface area (Å²) >= 11 is 0. The van der Waals surface area contributed by atoms with Crippen molar-refractivity contribution in [2.75, 3.05) is 0 Å². The maximum atomic E-state index is 9.86. The van der Waals surface area contributed by atoms with Crippen LogP contribution in [0.1, 0.15) is 6.92 Å². The van der Waals surface area contributed by atoms with Gasteiger partial charge < -0.3 is 10.5 Å². The van der Waals surface area contributed by atoms with Crippen LogP contribution in [0.25, 0.3) is 0 Å². The Kier molecular flexibility index (Phi) is 2.67. The van der Waals surface area contributed by atoms with Crippen LogP contribution in [0.15, 0.2) is 5.16 Å². The quantitative estimate of drug-likeness (QED) is 0.152. The van der Waals surface area contributed by atoms with Gasteiger partial charge in [0.2, 0.25) is 12.2 Å². The first-order valence-electron chi connectivity index (χ1n) is 1.63. The first-order valence-corrected chi connectivity index (χ1v) is 1.63. The molecular weight excluding hydrogens is 96.0 g/mol. The van der Waals surface area contributed by atoms with Crippen LogP contribution in [-0.2, 0) is 4.79 Å². The number of nitrogens with one attached hydrogen (secondary N) is 1. The van der Waals surface area contributed by atoms with Crippen molar-refractivity contribution in [3.8, 4) is 0 Å². The summed E-state index contributed by atoms with van der Waals surface area (Å²) in [7, 11) is 0. The number of carbonyl (C=O) groups is 1. The Hall–Kier alpha value is -1.06. The zero-order valence-electron chi connectivity index (χ0n) is 3.80. The van der Waals surface area contributed by atoms with Crippen LogP contribution in [0.5, 0.6) is 0 Å². The van der Waals surface area contributed by atoms with Crippen molar-refractivity contribution in [2.45, 2.75) is 6.92 Å². The number of hydrogen-bond donors (Lipinski definition) is 2. The van der Waals surface area contributed by atoms with Crippen molar-refractivity contribution in [3.63, 3.8) is 0 Å². The Balaban J connectivity index is 3.14. The van der Waals surface area contributed by atoms with Gasteiger partial charge in [0.1, 0.15) is 0 Å². The molecule has 0 aromatic carbocycles. The highest BCUT2D eigenvalue weighted by Crippen LogP contribution is 1.51. The minimum absolute atomic E-state index is 0.308. The van der Waals surface area contributed by atoms with Crippen LogP contribution in [0.2, 0.25) is 0 Å². The van der Waals surface area contributed by atoms with Gasteiger partial charge in [0.15, 0.2) is 0 Å². The smallest absolute Gasteiger partial charge is 0.222 e.